The van der Waals surface area contributed by atoms with E-state index in [9.17, 15) is 22.4 Å². The Morgan fingerprint density at radius 1 is 1.07 bits per heavy atom. The van der Waals surface area contributed by atoms with Crippen LogP contribution < -0.4 is 4.72 Å². The lowest BCUT2D eigenvalue weighted by Crippen LogP contribution is -2.49. The van der Waals surface area contributed by atoms with E-state index in [1.54, 1.807) is 44.7 Å². The Labute approximate surface area is 254 Å². The molecule has 2 aromatic rings. The van der Waals surface area contributed by atoms with Gasteiger partial charge in [-0.25, -0.2) is 26.7 Å². The molecule has 2 unspecified atom stereocenters. The molecular weight excluding hydrogens is 578 g/mol. The predicted molar refractivity (Wildman–Crippen MR) is 162 cm³/mol. The van der Waals surface area contributed by atoms with Crippen LogP contribution in [-0.2, 0) is 37.1 Å². The Hall–Kier alpha value is -3.05. The number of nitrogens with zero attached hydrogens (tertiary/aromatic N) is 1. The molecule has 1 heterocycles. The molecule has 0 bridgehead atoms. The smallest absolute Gasteiger partial charge is 0.410 e. The zero-order chi connectivity index (χ0) is 31.8. The van der Waals surface area contributed by atoms with Gasteiger partial charge in [0.05, 0.1) is 18.9 Å². The second-order valence-corrected chi connectivity index (χ2v) is 14.0. The molecule has 1 fully saturated rings. The fourth-order valence-corrected chi connectivity index (χ4v) is 6.26. The number of unbranched alkanes of at least 4 members (excludes halogenated alkanes) is 3. The first-order valence-electron chi connectivity index (χ1n) is 14.9. The summed E-state index contributed by atoms with van der Waals surface area (Å²) >= 11 is 0. The minimum absolute atomic E-state index is 0.0860. The van der Waals surface area contributed by atoms with Crippen LogP contribution in [0.1, 0.15) is 77.3 Å². The van der Waals surface area contributed by atoms with Gasteiger partial charge in [-0.15, -0.1) is 0 Å². The van der Waals surface area contributed by atoms with Gasteiger partial charge in [0.1, 0.15) is 17.2 Å². The molecule has 0 aliphatic carbocycles. The van der Waals surface area contributed by atoms with E-state index in [2.05, 4.69) is 9.46 Å². The van der Waals surface area contributed by atoms with Crippen molar-refractivity contribution in [3.8, 4) is 11.1 Å². The highest BCUT2D eigenvalue weighted by Crippen LogP contribution is 2.31. The Balaban J connectivity index is 1.84. The van der Waals surface area contributed by atoms with Crippen molar-refractivity contribution in [2.24, 2.45) is 0 Å². The monoisotopic (exact) mass is 622 g/mol. The highest BCUT2D eigenvalue weighted by molar-refractivity contribution is 7.89. The predicted octanol–water partition coefficient (Wildman–Crippen LogP) is 6.16. The maximum atomic E-state index is 15.0. The third-order valence-corrected chi connectivity index (χ3v) is 8.94. The van der Waals surface area contributed by atoms with Crippen molar-refractivity contribution in [1.82, 2.24) is 9.62 Å². The summed E-state index contributed by atoms with van der Waals surface area (Å²) in [5.41, 5.74) is 1.56. The van der Waals surface area contributed by atoms with Crippen molar-refractivity contribution in [3.63, 3.8) is 0 Å². The van der Waals surface area contributed by atoms with Crippen LogP contribution in [0.5, 0.6) is 0 Å². The molecule has 2 atom stereocenters. The van der Waals surface area contributed by atoms with Gasteiger partial charge >= 0.3 is 12.1 Å². The van der Waals surface area contributed by atoms with Crippen molar-refractivity contribution in [1.29, 1.82) is 0 Å². The number of benzene rings is 2. The number of likely N-dealkylation sites (tertiary alicyclic amines) is 1. The average Bonchev–Trinajstić information content (AvgIpc) is 3.31. The summed E-state index contributed by atoms with van der Waals surface area (Å²) in [4.78, 5) is 26.0. The summed E-state index contributed by atoms with van der Waals surface area (Å²) in [6, 6.07) is 8.47. The van der Waals surface area contributed by atoms with Crippen molar-refractivity contribution in [3.05, 3.63) is 59.2 Å². The summed E-state index contributed by atoms with van der Waals surface area (Å²) in [7, 11) is -2.18. The van der Waals surface area contributed by atoms with Crippen molar-refractivity contribution in [2.75, 3.05) is 19.4 Å². The summed E-state index contributed by atoms with van der Waals surface area (Å²) in [6.07, 6.45) is 3.90. The number of carbonyl (C=O) groups is 2. The van der Waals surface area contributed by atoms with Gasteiger partial charge in [0, 0.05) is 25.1 Å². The lowest BCUT2D eigenvalue weighted by atomic mass is 9.92. The number of nitrogens with one attached hydrogen (secondary N) is 1. The Morgan fingerprint density at radius 3 is 2.47 bits per heavy atom. The fraction of sp³-hybridized carbons (Fsp3) is 0.562. The van der Waals surface area contributed by atoms with Gasteiger partial charge in [-0.3, -0.25) is 4.79 Å². The number of hydrogen-bond acceptors (Lipinski definition) is 6. The van der Waals surface area contributed by atoms with Gasteiger partial charge in [-0.1, -0.05) is 37.1 Å². The lowest BCUT2D eigenvalue weighted by Gasteiger charge is -2.31. The second kappa shape index (κ2) is 15.1. The zero-order valence-electron chi connectivity index (χ0n) is 25.8. The Kier molecular flexibility index (Phi) is 12.1. The first kappa shape index (κ1) is 34.4. The third-order valence-electron chi connectivity index (χ3n) is 7.51. The number of sulfonamides is 1. The molecular formula is C32H44F2N2O6S. The Bertz CT molecular complexity index is 1380. The first-order chi connectivity index (χ1) is 20.2. The number of methoxy groups -OCH3 is 1. The van der Waals surface area contributed by atoms with Gasteiger partial charge in [-0.05, 0) is 88.1 Å². The number of esters is 1. The van der Waals surface area contributed by atoms with E-state index in [0.29, 0.717) is 61.8 Å². The molecule has 238 valence electrons. The van der Waals surface area contributed by atoms with E-state index in [0.717, 1.165) is 24.5 Å². The van der Waals surface area contributed by atoms with Gasteiger partial charge in [0.25, 0.3) is 0 Å². The van der Waals surface area contributed by atoms with E-state index in [1.165, 1.54) is 13.2 Å². The number of carbonyl (C=O) groups excluding carboxylic acids is 2. The normalized spacial score (nSPS) is 17.2. The van der Waals surface area contributed by atoms with E-state index in [-0.39, 0.29) is 11.7 Å². The molecule has 3 rings (SSSR count). The summed E-state index contributed by atoms with van der Waals surface area (Å²) in [5.74, 6) is -1.64. The SMILES string of the molecule is CCS(=O)(=O)NC1CCN(C(=O)OC(C)(C)C)C1Cc1cccc(-c2cc(F)cc(F)c2CCCCCCC(=O)OC)c1. The van der Waals surface area contributed by atoms with Crippen LogP contribution in [0.25, 0.3) is 11.1 Å². The molecule has 1 aliphatic rings. The topological polar surface area (TPSA) is 102 Å². The number of amides is 1. The highest BCUT2D eigenvalue weighted by atomic mass is 32.2. The average molecular weight is 623 g/mol. The maximum Gasteiger partial charge on any atom is 0.410 e. The molecule has 2 aromatic carbocycles. The molecule has 43 heavy (non-hydrogen) atoms. The van der Waals surface area contributed by atoms with Crippen LogP contribution in [0.4, 0.5) is 13.6 Å². The van der Waals surface area contributed by atoms with Crippen LogP contribution in [-0.4, -0.2) is 62.5 Å². The second-order valence-electron chi connectivity index (χ2n) is 12.0. The molecule has 11 heteroatoms. The Morgan fingerprint density at radius 2 is 1.79 bits per heavy atom. The summed E-state index contributed by atoms with van der Waals surface area (Å²) in [5, 5.41) is 0. The van der Waals surface area contributed by atoms with Crippen LogP contribution >= 0.6 is 0 Å². The van der Waals surface area contributed by atoms with E-state index < -0.39 is 45.4 Å². The number of rotatable bonds is 13. The standard InChI is InChI=1S/C32H44F2N2O6S/c1-6-43(39,40)35-28-16-17-36(31(38)42-32(2,3)4)29(28)19-22-12-11-13-23(18-22)26-20-24(33)21-27(34)25(26)14-9-7-8-10-15-30(37)41-5/h11-13,18,20-21,28-29,35H,6-10,14-17,19H2,1-5H3. The minimum atomic E-state index is -3.53. The number of halogens is 2. The largest absolute Gasteiger partial charge is 0.469 e. The van der Waals surface area contributed by atoms with Gasteiger partial charge < -0.3 is 14.4 Å². The van der Waals surface area contributed by atoms with Crippen molar-refractivity contribution >= 4 is 22.1 Å². The molecule has 8 nitrogen and oxygen atoms in total. The van der Waals surface area contributed by atoms with Crippen LogP contribution in [0, 0.1) is 11.6 Å². The van der Waals surface area contributed by atoms with Crippen LogP contribution in [0.15, 0.2) is 36.4 Å². The zero-order valence-corrected chi connectivity index (χ0v) is 26.6. The molecule has 0 radical (unpaired) electrons. The molecule has 0 saturated carbocycles. The molecule has 1 saturated heterocycles. The molecule has 1 aliphatic heterocycles. The van der Waals surface area contributed by atoms with Crippen molar-refractivity contribution in [2.45, 2.75) is 96.7 Å². The molecule has 0 spiro atoms. The fourth-order valence-electron chi connectivity index (χ4n) is 5.35. The molecule has 1 amide bonds. The molecule has 0 aromatic heterocycles. The third kappa shape index (κ3) is 10.3. The highest BCUT2D eigenvalue weighted by Gasteiger charge is 2.40. The van der Waals surface area contributed by atoms with E-state index in [4.69, 9.17) is 4.74 Å². The van der Waals surface area contributed by atoms with E-state index >= 15 is 4.39 Å². The maximum absolute atomic E-state index is 15.0. The first-order valence-corrected chi connectivity index (χ1v) is 16.5. The van der Waals surface area contributed by atoms with Crippen LogP contribution in [0.3, 0.4) is 0 Å². The number of ether oxygens (including phenoxy) is 2. The van der Waals surface area contributed by atoms with Crippen molar-refractivity contribution < 1.29 is 36.3 Å². The van der Waals surface area contributed by atoms with Gasteiger partial charge in [-0.2, -0.15) is 0 Å². The van der Waals surface area contributed by atoms with Gasteiger partial charge in [0.15, 0.2) is 0 Å². The lowest BCUT2D eigenvalue weighted by molar-refractivity contribution is -0.140. The van der Waals surface area contributed by atoms with Gasteiger partial charge in [0.2, 0.25) is 10.0 Å². The number of hydrogen-bond donors (Lipinski definition) is 1. The summed E-state index contributed by atoms with van der Waals surface area (Å²) in [6.45, 7) is 7.20. The summed E-state index contributed by atoms with van der Waals surface area (Å²) < 4.78 is 67.4. The molecule has 1 N–H and O–H groups in total. The quantitative estimate of drug-likeness (QED) is 0.212. The minimum Gasteiger partial charge on any atom is -0.469 e. The van der Waals surface area contributed by atoms with Crippen LogP contribution in [0.2, 0.25) is 0 Å². The van der Waals surface area contributed by atoms with E-state index in [1.807, 2.05) is 12.1 Å².